The Morgan fingerprint density at radius 3 is 2.55 bits per heavy atom. The summed E-state index contributed by atoms with van der Waals surface area (Å²) in [6.07, 6.45) is 2.05. The van der Waals surface area contributed by atoms with E-state index in [4.69, 9.17) is 23.7 Å². The van der Waals surface area contributed by atoms with Crippen molar-refractivity contribution in [3.05, 3.63) is 11.6 Å². The zero-order valence-electron chi connectivity index (χ0n) is 23.7. The third-order valence-electron chi connectivity index (χ3n) is 12.4. The first kappa shape index (κ1) is 27.4. The fourth-order valence-electron chi connectivity index (χ4n) is 10.2. The van der Waals surface area contributed by atoms with Crippen LogP contribution < -0.4 is 0 Å². The third-order valence-corrected chi connectivity index (χ3v) is 12.4. The van der Waals surface area contributed by atoms with E-state index in [-0.39, 0.29) is 42.5 Å². The Hall–Kier alpha value is -1.40. The number of cyclic esters (lactones) is 1. The predicted octanol–water partition coefficient (Wildman–Crippen LogP) is 1.42. The minimum Gasteiger partial charge on any atom is -0.458 e. The highest BCUT2D eigenvalue weighted by Gasteiger charge is 2.88. The number of carbonyl (C=O) groups is 2. The van der Waals surface area contributed by atoms with Crippen LogP contribution in [0.1, 0.15) is 65.7 Å². The number of carbonyl (C=O) groups excluding carboxylic acids is 2. The van der Waals surface area contributed by atoms with E-state index in [1.165, 1.54) is 6.08 Å². The summed E-state index contributed by atoms with van der Waals surface area (Å²) in [6, 6.07) is 0. The molecule has 0 aromatic carbocycles. The van der Waals surface area contributed by atoms with Gasteiger partial charge in [0, 0.05) is 25.0 Å². The fourth-order valence-corrected chi connectivity index (χ4v) is 10.2. The van der Waals surface area contributed by atoms with Crippen molar-refractivity contribution in [3.63, 3.8) is 0 Å². The second-order valence-electron chi connectivity index (χ2n) is 13.9. The maximum atomic E-state index is 14.3. The Bertz CT molecular complexity index is 1140. The molecule has 4 saturated carbocycles. The second-order valence-corrected chi connectivity index (χ2v) is 13.9. The Morgan fingerprint density at radius 1 is 1.07 bits per heavy atom. The van der Waals surface area contributed by atoms with Crippen LogP contribution in [0.4, 0.5) is 0 Å². The number of rotatable bonds is 4. The first-order valence-electron chi connectivity index (χ1n) is 14.9. The number of ketones is 1. The van der Waals surface area contributed by atoms with Crippen LogP contribution in [-0.2, 0) is 33.3 Å². The maximum Gasteiger partial charge on any atom is 0.331 e. The quantitative estimate of drug-likeness (QED) is 0.261. The van der Waals surface area contributed by atoms with Crippen LogP contribution in [-0.4, -0.2) is 94.9 Å². The van der Waals surface area contributed by atoms with Crippen LogP contribution in [0.15, 0.2) is 11.6 Å². The highest BCUT2D eigenvalue weighted by atomic mass is 16.7. The summed E-state index contributed by atoms with van der Waals surface area (Å²) in [5.41, 5.74) is -3.32. The molecule has 3 N–H and O–H groups in total. The van der Waals surface area contributed by atoms with Crippen molar-refractivity contribution in [1.29, 1.82) is 0 Å². The number of epoxide rings is 1. The number of fused-ring (bicyclic) bond motifs is 3. The van der Waals surface area contributed by atoms with Gasteiger partial charge in [0.1, 0.15) is 30.0 Å². The van der Waals surface area contributed by atoms with Crippen LogP contribution in [0.2, 0.25) is 0 Å². The van der Waals surface area contributed by atoms with E-state index in [1.807, 2.05) is 6.92 Å². The van der Waals surface area contributed by atoms with Gasteiger partial charge >= 0.3 is 5.97 Å². The normalized spacial score (nSPS) is 56.9. The Kier molecular flexibility index (Phi) is 6.04. The number of hydrogen-bond donors (Lipinski definition) is 3. The number of ether oxygens (including phenoxy) is 5. The third kappa shape index (κ3) is 3.30. The van der Waals surface area contributed by atoms with Gasteiger partial charge < -0.3 is 39.0 Å². The number of methoxy groups -OCH3 is 1. The molecule has 7 rings (SSSR count). The molecule has 222 valence electrons. The Labute approximate surface area is 234 Å². The molecule has 2 saturated heterocycles. The minimum atomic E-state index is -1.40. The zero-order valence-corrected chi connectivity index (χ0v) is 23.7. The van der Waals surface area contributed by atoms with Crippen molar-refractivity contribution in [3.8, 4) is 0 Å². The van der Waals surface area contributed by atoms with E-state index >= 15 is 0 Å². The summed E-state index contributed by atoms with van der Waals surface area (Å²) in [4.78, 5) is 26.1. The molecule has 1 spiro atoms. The van der Waals surface area contributed by atoms with E-state index in [0.29, 0.717) is 38.5 Å². The molecule has 0 unspecified atom stereocenters. The van der Waals surface area contributed by atoms with Gasteiger partial charge in [-0.2, -0.15) is 0 Å². The molecule has 0 aromatic heterocycles. The van der Waals surface area contributed by atoms with Gasteiger partial charge in [0.15, 0.2) is 12.1 Å². The van der Waals surface area contributed by atoms with Crippen molar-refractivity contribution in [2.75, 3.05) is 13.7 Å². The molecule has 40 heavy (non-hydrogen) atoms. The molecule has 10 heteroatoms. The fraction of sp³-hybridized carbons (Fsp3) is 0.867. The number of esters is 1. The SMILES string of the molecule is CO[C@H]1C[C@@H](O[C@H]2CC[C@@]3(C)[C@H](C2)C[C@H]2O[C@@]24[C@H]3C(=O)[C@@H](O)[C@]2(C)[C@H](C3=CC(=O)OC3)CC[C@@]24O)O[C@H](C)[C@H]1O. The number of aliphatic hydroxyl groups excluding tert-OH is 2. The summed E-state index contributed by atoms with van der Waals surface area (Å²) in [5.74, 6) is -1.51. The molecule has 4 aliphatic carbocycles. The standard InChI is InChI=1S/C30H42O10/c1-14-23(32)19(36-4)12-22(38-14)39-17-5-7-27(2)16(10-17)11-20-30(40-20)25(27)24(33)26(34)28(3)18(6-8-29(28,30)35)15-9-21(31)37-13-15/h9,14,16-20,22-23,25-26,32,34-35H,5-8,10-13H2,1-4H3/t14-,16-,17+,18+,19+,20-,22-,23-,25+,26-,27+,28+,29-,30-/m1/s1. The minimum absolute atomic E-state index is 0.0751. The summed E-state index contributed by atoms with van der Waals surface area (Å²) in [7, 11) is 1.58. The van der Waals surface area contributed by atoms with E-state index < -0.39 is 58.5 Å². The van der Waals surface area contributed by atoms with Crippen molar-refractivity contribution in [2.24, 2.45) is 28.6 Å². The average molecular weight is 563 g/mol. The van der Waals surface area contributed by atoms with Crippen molar-refractivity contribution in [2.45, 2.75) is 120 Å². The van der Waals surface area contributed by atoms with Gasteiger partial charge in [-0.05, 0) is 68.3 Å². The van der Waals surface area contributed by atoms with E-state index in [0.717, 1.165) is 12.0 Å². The molecule has 3 heterocycles. The van der Waals surface area contributed by atoms with Gasteiger partial charge in [-0.1, -0.05) is 13.8 Å². The molecule has 10 nitrogen and oxygen atoms in total. The van der Waals surface area contributed by atoms with Crippen LogP contribution in [0, 0.1) is 28.6 Å². The molecule has 0 radical (unpaired) electrons. The second kappa shape index (κ2) is 8.81. The molecule has 0 amide bonds. The largest absolute Gasteiger partial charge is 0.458 e. The van der Waals surface area contributed by atoms with E-state index in [9.17, 15) is 24.9 Å². The van der Waals surface area contributed by atoms with Crippen molar-refractivity contribution >= 4 is 11.8 Å². The molecule has 0 bridgehead atoms. The van der Waals surface area contributed by atoms with Gasteiger partial charge in [0.25, 0.3) is 0 Å². The molecular formula is C30H42O10. The molecule has 14 atom stereocenters. The van der Waals surface area contributed by atoms with Crippen LogP contribution in [0.3, 0.4) is 0 Å². The zero-order chi connectivity index (χ0) is 28.4. The topological polar surface area (TPSA) is 144 Å². The summed E-state index contributed by atoms with van der Waals surface area (Å²) in [5, 5.41) is 34.6. The van der Waals surface area contributed by atoms with Gasteiger partial charge in [-0.3, -0.25) is 4.79 Å². The first-order chi connectivity index (χ1) is 18.9. The molecule has 6 fully saturated rings. The van der Waals surface area contributed by atoms with Gasteiger partial charge in [-0.25, -0.2) is 4.79 Å². The monoisotopic (exact) mass is 562 g/mol. The lowest BCUT2D eigenvalue weighted by molar-refractivity contribution is -0.272. The summed E-state index contributed by atoms with van der Waals surface area (Å²) in [6.45, 7) is 5.87. The summed E-state index contributed by atoms with van der Waals surface area (Å²) >= 11 is 0. The predicted molar refractivity (Wildman–Crippen MR) is 138 cm³/mol. The lowest BCUT2D eigenvalue weighted by atomic mass is 9.41. The highest BCUT2D eigenvalue weighted by molar-refractivity contribution is 5.92. The molecule has 3 aliphatic heterocycles. The van der Waals surface area contributed by atoms with Crippen LogP contribution in [0.5, 0.6) is 0 Å². The van der Waals surface area contributed by atoms with Crippen molar-refractivity contribution < 1.29 is 48.6 Å². The molecular weight excluding hydrogens is 520 g/mol. The van der Waals surface area contributed by atoms with E-state index in [2.05, 4.69) is 6.92 Å². The lowest BCUT2D eigenvalue weighted by Crippen LogP contribution is -2.75. The highest BCUT2D eigenvalue weighted by Crippen LogP contribution is 2.76. The first-order valence-corrected chi connectivity index (χ1v) is 14.9. The molecule has 0 aromatic rings. The average Bonchev–Trinajstić information content (AvgIpc) is 3.36. The number of hydrogen-bond acceptors (Lipinski definition) is 10. The summed E-state index contributed by atoms with van der Waals surface area (Å²) < 4.78 is 29.5. The number of Topliss-reactive ketones (excluding diaryl/α,β-unsaturated/α-hetero) is 1. The van der Waals surface area contributed by atoms with Gasteiger partial charge in [0.2, 0.25) is 0 Å². The Balaban J connectivity index is 1.14. The van der Waals surface area contributed by atoms with Crippen LogP contribution in [0.25, 0.3) is 0 Å². The maximum absolute atomic E-state index is 14.3. The lowest BCUT2D eigenvalue weighted by Gasteiger charge is -2.62. The van der Waals surface area contributed by atoms with Crippen LogP contribution >= 0.6 is 0 Å². The van der Waals surface area contributed by atoms with E-state index in [1.54, 1.807) is 14.0 Å². The Morgan fingerprint density at radius 2 is 1.85 bits per heavy atom. The van der Waals surface area contributed by atoms with Crippen molar-refractivity contribution in [1.82, 2.24) is 0 Å². The number of aliphatic hydroxyl groups is 3. The molecule has 7 aliphatic rings. The van der Waals surface area contributed by atoms with Gasteiger partial charge in [0.05, 0.1) is 30.3 Å². The van der Waals surface area contributed by atoms with Gasteiger partial charge in [-0.15, -0.1) is 0 Å². The smallest absolute Gasteiger partial charge is 0.331 e.